The average Bonchev–Trinajstić information content (AvgIpc) is 2.72. The van der Waals surface area contributed by atoms with Crippen LogP contribution in [-0.4, -0.2) is 21.3 Å². The van der Waals surface area contributed by atoms with Gasteiger partial charge in [0, 0.05) is 12.2 Å². The van der Waals surface area contributed by atoms with Crippen molar-refractivity contribution in [3.8, 4) is 5.82 Å². The summed E-state index contributed by atoms with van der Waals surface area (Å²) in [6.07, 6.45) is 1.93. The van der Waals surface area contributed by atoms with Gasteiger partial charge in [0.1, 0.15) is 5.82 Å². The minimum absolute atomic E-state index is 0.496. The summed E-state index contributed by atoms with van der Waals surface area (Å²) in [5.74, 6) is 1.25. The van der Waals surface area contributed by atoms with Gasteiger partial charge in [0.15, 0.2) is 5.82 Å². The Morgan fingerprint density at radius 3 is 2.48 bits per heavy atom. The summed E-state index contributed by atoms with van der Waals surface area (Å²) in [7, 11) is 0. The molecule has 0 fully saturated rings. The zero-order chi connectivity index (χ0) is 15.6. The molecule has 0 aliphatic carbocycles. The quantitative estimate of drug-likeness (QED) is 0.874. The number of rotatable bonds is 5. The molecule has 0 amide bonds. The highest BCUT2D eigenvalue weighted by Gasteiger charge is 2.16. The number of aromatic nitrogens is 3. The molecule has 0 bridgehead atoms. The predicted molar refractivity (Wildman–Crippen MR) is 89.0 cm³/mol. The fraction of sp³-hybridized carbons (Fsp3) is 0.467. The number of aryl methyl sites for hydroxylation is 1. The number of nitrogens with one attached hydrogen (secondary N) is 1. The fourth-order valence-electron chi connectivity index (χ4n) is 2.37. The number of pyridine rings is 1. The summed E-state index contributed by atoms with van der Waals surface area (Å²) in [6, 6.07) is 1.71. The molecule has 114 valence electrons. The van der Waals surface area contributed by atoms with Crippen LogP contribution in [0.25, 0.3) is 5.82 Å². The van der Waals surface area contributed by atoms with E-state index in [2.05, 4.69) is 29.2 Å². The predicted octanol–water partition coefficient (Wildman–Crippen LogP) is 4.58. The van der Waals surface area contributed by atoms with E-state index >= 15 is 0 Å². The van der Waals surface area contributed by atoms with Crippen molar-refractivity contribution in [1.29, 1.82) is 0 Å². The van der Waals surface area contributed by atoms with Crippen molar-refractivity contribution in [3.63, 3.8) is 0 Å². The SMILES string of the molecule is CCCNc1nc(-n2nc(C)c(CC)c2C)c(Cl)cc1Cl. The Morgan fingerprint density at radius 1 is 1.19 bits per heavy atom. The van der Waals surface area contributed by atoms with Crippen molar-refractivity contribution >= 4 is 29.0 Å². The van der Waals surface area contributed by atoms with E-state index in [1.54, 1.807) is 10.7 Å². The van der Waals surface area contributed by atoms with Crippen LogP contribution in [0.1, 0.15) is 37.2 Å². The summed E-state index contributed by atoms with van der Waals surface area (Å²) >= 11 is 12.5. The second-order valence-corrected chi connectivity index (χ2v) is 5.78. The van der Waals surface area contributed by atoms with Crippen molar-refractivity contribution in [2.24, 2.45) is 0 Å². The number of anilines is 1. The van der Waals surface area contributed by atoms with E-state index in [-0.39, 0.29) is 0 Å². The zero-order valence-electron chi connectivity index (χ0n) is 12.8. The van der Waals surface area contributed by atoms with E-state index in [0.717, 1.165) is 30.8 Å². The minimum Gasteiger partial charge on any atom is -0.369 e. The highest BCUT2D eigenvalue weighted by atomic mass is 35.5. The highest BCUT2D eigenvalue weighted by Crippen LogP contribution is 2.29. The Labute approximate surface area is 135 Å². The zero-order valence-corrected chi connectivity index (χ0v) is 14.3. The Bertz CT molecular complexity index is 650. The van der Waals surface area contributed by atoms with Crippen molar-refractivity contribution in [3.05, 3.63) is 33.1 Å². The first-order chi connectivity index (χ1) is 9.99. The van der Waals surface area contributed by atoms with Crippen molar-refractivity contribution < 1.29 is 0 Å². The standard InChI is InChI=1S/C15H20Cl2N4/c1-5-7-18-14-12(16)8-13(17)15(19-14)21-10(4)11(6-2)9(3)20-21/h8H,5-7H2,1-4H3,(H,18,19). The highest BCUT2D eigenvalue weighted by molar-refractivity contribution is 6.36. The van der Waals surface area contributed by atoms with Gasteiger partial charge < -0.3 is 5.32 Å². The van der Waals surface area contributed by atoms with Gasteiger partial charge in [-0.15, -0.1) is 0 Å². The van der Waals surface area contributed by atoms with Crippen molar-refractivity contribution in [1.82, 2.24) is 14.8 Å². The fourth-order valence-corrected chi connectivity index (χ4v) is 2.87. The molecule has 0 atom stereocenters. The third-order valence-electron chi connectivity index (χ3n) is 3.45. The first kappa shape index (κ1) is 16.1. The summed E-state index contributed by atoms with van der Waals surface area (Å²) in [4.78, 5) is 4.55. The summed E-state index contributed by atoms with van der Waals surface area (Å²) < 4.78 is 1.80. The van der Waals surface area contributed by atoms with Gasteiger partial charge >= 0.3 is 0 Å². The number of halogens is 2. The molecule has 0 saturated heterocycles. The van der Waals surface area contributed by atoms with Crippen LogP contribution in [-0.2, 0) is 6.42 Å². The summed E-state index contributed by atoms with van der Waals surface area (Å²) in [5, 5.41) is 8.79. The molecule has 0 aliphatic heterocycles. The Morgan fingerprint density at radius 2 is 1.90 bits per heavy atom. The first-order valence-electron chi connectivity index (χ1n) is 7.14. The molecule has 1 N–H and O–H groups in total. The normalized spacial score (nSPS) is 11.0. The molecule has 21 heavy (non-hydrogen) atoms. The largest absolute Gasteiger partial charge is 0.369 e. The van der Waals surface area contributed by atoms with Gasteiger partial charge in [0.2, 0.25) is 0 Å². The molecule has 4 nitrogen and oxygen atoms in total. The monoisotopic (exact) mass is 326 g/mol. The van der Waals surface area contributed by atoms with Gasteiger partial charge in [-0.05, 0) is 38.3 Å². The van der Waals surface area contributed by atoms with Gasteiger partial charge in [-0.3, -0.25) is 0 Å². The maximum absolute atomic E-state index is 6.31. The second kappa shape index (κ2) is 6.67. The van der Waals surface area contributed by atoms with Gasteiger partial charge in [0.05, 0.1) is 15.7 Å². The van der Waals surface area contributed by atoms with Gasteiger partial charge in [-0.2, -0.15) is 5.10 Å². The third kappa shape index (κ3) is 3.16. The van der Waals surface area contributed by atoms with Gasteiger partial charge in [0.25, 0.3) is 0 Å². The number of hydrogen-bond acceptors (Lipinski definition) is 3. The topological polar surface area (TPSA) is 42.7 Å². The molecule has 0 radical (unpaired) electrons. The van der Waals surface area contributed by atoms with Crippen LogP contribution in [0.2, 0.25) is 10.0 Å². The number of hydrogen-bond donors (Lipinski definition) is 1. The van der Waals surface area contributed by atoms with E-state index in [1.807, 2.05) is 13.8 Å². The molecule has 0 aliphatic rings. The Kier molecular flexibility index (Phi) is 5.12. The molecule has 0 unspecified atom stereocenters. The van der Waals surface area contributed by atoms with Crippen LogP contribution in [0.4, 0.5) is 5.82 Å². The van der Waals surface area contributed by atoms with E-state index in [9.17, 15) is 0 Å². The van der Waals surface area contributed by atoms with Gasteiger partial charge in [-0.1, -0.05) is 37.0 Å². The number of nitrogens with zero attached hydrogens (tertiary/aromatic N) is 3. The van der Waals surface area contributed by atoms with E-state index < -0.39 is 0 Å². The summed E-state index contributed by atoms with van der Waals surface area (Å²) in [5.41, 5.74) is 3.30. The van der Waals surface area contributed by atoms with Crippen LogP contribution >= 0.6 is 23.2 Å². The Balaban J connectivity index is 2.53. The maximum Gasteiger partial charge on any atom is 0.174 e. The lowest BCUT2D eigenvalue weighted by Gasteiger charge is -2.11. The molecule has 2 heterocycles. The van der Waals surface area contributed by atoms with E-state index in [4.69, 9.17) is 23.2 Å². The summed E-state index contributed by atoms with van der Waals surface area (Å²) in [6.45, 7) is 9.05. The molecule has 0 spiro atoms. The Hall–Kier alpha value is -1.26. The molecule has 2 rings (SSSR count). The molecule has 6 heteroatoms. The van der Waals surface area contributed by atoms with Crippen LogP contribution in [0.5, 0.6) is 0 Å². The lowest BCUT2D eigenvalue weighted by molar-refractivity contribution is 0.805. The average molecular weight is 327 g/mol. The van der Waals surface area contributed by atoms with Crippen LogP contribution in [0.15, 0.2) is 6.07 Å². The van der Waals surface area contributed by atoms with E-state index in [0.29, 0.717) is 21.7 Å². The maximum atomic E-state index is 6.31. The lowest BCUT2D eigenvalue weighted by Crippen LogP contribution is -2.08. The lowest BCUT2D eigenvalue weighted by atomic mass is 10.1. The molecular weight excluding hydrogens is 307 g/mol. The second-order valence-electron chi connectivity index (χ2n) is 4.97. The minimum atomic E-state index is 0.496. The first-order valence-corrected chi connectivity index (χ1v) is 7.90. The van der Waals surface area contributed by atoms with Gasteiger partial charge in [-0.25, -0.2) is 9.67 Å². The van der Waals surface area contributed by atoms with Crippen molar-refractivity contribution in [2.45, 2.75) is 40.5 Å². The van der Waals surface area contributed by atoms with Crippen LogP contribution in [0.3, 0.4) is 0 Å². The molecule has 2 aromatic heterocycles. The van der Waals surface area contributed by atoms with Crippen molar-refractivity contribution in [2.75, 3.05) is 11.9 Å². The molecule has 0 saturated carbocycles. The smallest absolute Gasteiger partial charge is 0.174 e. The molecule has 0 aromatic carbocycles. The van der Waals surface area contributed by atoms with E-state index in [1.165, 1.54) is 5.56 Å². The van der Waals surface area contributed by atoms with Crippen LogP contribution < -0.4 is 5.32 Å². The molecule has 2 aromatic rings. The third-order valence-corrected chi connectivity index (χ3v) is 4.02. The molecular formula is C15H20Cl2N4. The van der Waals surface area contributed by atoms with Crippen LogP contribution in [0, 0.1) is 13.8 Å².